The Morgan fingerprint density at radius 2 is 1.27 bits per heavy atom. The summed E-state index contributed by atoms with van der Waals surface area (Å²) in [6, 6.07) is 5.48. The van der Waals surface area contributed by atoms with E-state index >= 15 is 0 Å². The highest BCUT2D eigenvalue weighted by molar-refractivity contribution is 6.01. The molecular weight excluding hydrogens is 388 g/mol. The van der Waals surface area contributed by atoms with Crippen molar-refractivity contribution in [3.63, 3.8) is 0 Å². The lowest BCUT2D eigenvalue weighted by Crippen LogP contribution is -2.14. The van der Waals surface area contributed by atoms with E-state index in [1.54, 1.807) is 6.92 Å². The topological polar surface area (TPSA) is 121 Å². The number of aromatic carboxylic acids is 2. The summed E-state index contributed by atoms with van der Waals surface area (Å²) in [5.74, 6) is -2.64. The molecule has 0 bridgehead atoms. The highest BCUT2D eigenvalue weighted by atomic mass is 16.5. The molecule has 0 aliphatic carbocycles. The molecule has 7 heteroatoms. The molecule has 3 N–H and O–H groups in total. The number of carbonyl (C=O) groups excluding carboxylic acids is 1. The van der Waals surface area contributed by atoms with E-state index < -0.39 is 18.0 Å². The van der Waals surface area contributed by atoms with Gasteiger partial charge in [0, 0.05) is 6.42 Å². The Kier molecular flexibility index (Phi) is 16.0. The lowest BCUT2D eigenvalue weighted by atomic mass is 10.1. The van der Waals surface area contributed by atoms with Crippen LogP contribution >= 0.6 is 0 Å². The summed E-state index contributed by atoms with van der Waals surface area (Å²) < 4.78 is 4.89. The third-order valence-electron chi connectivity index (χ3n) is 4.36. The highest BCUT2D eigenvalue weighted by Crippen LogP contribution is 2.11. The first-order valence-electron chi connectivity index (χ1n) is 10.7. The van der Waals surface area contributed by atoms with Crippen LogP contribution in [-0.2, 0) is 9.53 Å². The second-order valence-electron chi connectivity index (χ2n) is 7.27. The lowest BCUT2D eigenvalue weighted by Gasteiger charge is -2.06. The van der Waals surface area contributed by atoms with Gasteiger partial charge < -0.3 is 20.1 Å². The van der Waals surface area contributed by atoms with Crippen LogP contribution in [0.2, 0.25) is 0 Å². The van der Waals surface area contributed by atoms with Gasteiger partial charge in [0.1, 0.15) is 6.61 Å². The molecule has 0 fully saturated rings. The van der Waals surface area contributed by atoms with Crippen molar-refractivity contribution in [3.05, 3.63) is 35.4 Å². The normalized spacial score (nSPS) is 11.2. The molecule has 0 aromatic heterocycles. The number of aliphatic hydroxyl groups is 1. The Hall–Kier alpha value is -2.41. The minimum absolute atomic E-state index is 0.121. The summed E-state index contributed by atoms with van der Waals surface area (Å²) in [6.07, 6.45) is 11.1. The second-order valence-corrected chi connectivity index (χ2v) is 7.27. The highest BCUT2D eigenvalue weighted by Gasteiger charge is 2.13. The average Bonchev–Trinajstić information content (AvgIpc) is 2.71. The Morgan fingerprint density at radius 3 is 1.67 bits per heavy atom. The fraction of sp³-hybridized carbons (Fsp3) is 0.609. The van der Waals surface area contributed by atoms with Crippen LogP contribution in [0.15, 0.2) is 24.3 Å². The minimum atomic E-state index is -1.23. The fourth-order valence-corrected chi connectivity index (χ4v) is 2.72. The first kappa shape index (κ1) is 27.6. The molecule has 1 atom stereocenters. The van der Waals surface area contributed by atoms with Crippen LogP contribution < -0.4 is 0 Å². The predicted molar refractivity (Wildman–Crippen MR) is 115 cm³/mol. The van der Waals surface area contributed by atoms with Gasteiger partial charge in [-0.3, -0.25) is 4.79 Å². The van der Waals surface area contributed by atoms with E-state index in [2.05, 4.69) is 6.92 Å². The maximum absolute atomic E-state index is 11.2. The largest absolute Gasteiger partial charge is 0.478 e. The molecule has 0 radical (unpaired) electrons. The Morgan fingerprint density at radius 1 is 0.833 bits per heavy atom. The fourth-order valence-electron chi connectivity index (χ4n) is 2.72. The molecule has 0 saturated heterocycles. The molecule has 30 heavy (non-hydrogen) atoms. The smallest absolute Gasteiger partial charge is 0.336 e. The molecule has 0 aliphatic heterocycles. The van der Waals surface area contributed by atoms with Gasteiger partial charge in [-0.1, -0.05) is 70.4 Å². The number of carbonyl (C=O) groups is 3. The molecule has 1 rings (SSSR count). The van der Waals surface area contributed by atoms with E-state index in [9.17, 15) is 14.4 Å². The molecular formula is C23H36O7. The zero-order valence-corrected chi connectivity index (χ0v) is 18.1. The zero-order chi connectivity index (χ0) is 22.8. The van der Waals surface area contributed by atoms with Gasteiger partial charge in [-0.25, -0.2) is 9.59 Å². The van der Waals surface area contributed by atoms with E-state index in [0.29, 0.717) is 6.42 Å². The van der Waals surface area contributed by atoms with Crippen molar-refractivity contribution in [1.29, 1.82) is 0 Å². The Labute approximate surface area is 179 Å². The van der Waals surface area contributed by atoms with Gasteiger partial charge in [0.25, 0.3) is 0 Å². The van der Waals surface area contributed by atoms with Crippen LogP contribution in [-0.4, -0.2) is 45.9 Å². The number of unbranched alkanes of at least 4 members (excludes halogenated alkanes) is 8. The van der Waals surface area contributed by atoms with Crippen molar-refractivity contribution in [3.8, 4) is 0 Å². The molecule has 170 valence electrons. The van der Waals surface area contributed by atoms with Gasteiger partial charge in [0.2, 0.25) is 0 Å². The summed E-state index contributed by atoms with van der Waals surface area (Å²) >= 11 is 0. The molecule has 0 spiro atoms. The molecule has 0 saturated carbocycles. The molecule has 0 heterocycles. The second kappa shape index (κ2) is 17.4. The van der Waals surface area contributed by atoms with Gasteiger partial charge in [-0.2, -0.15) is 0 Å². The van der Waals surface area contributed by atoms with Crippen LogP contribution in [0.4, 0.5) is 0 Å². The van der Waals surface area contributed by atoms with Crippen molar-refractivity contribution >= 4 is 17.9 Å². The summed E-state index contributed by atoms with van der Waals surface area (Å²) in [5, 5.41) is 26.1. The third-order valence-corrected chi connectivity index (χ3v) is 4.36. The number of hydrogen-bond acceptors (Lipinski definition) is 5. The van der Waals surface area contributed by atoms with E-state index in [1.807, 2.05) is 0 Å². The molecule has 1 aromatic carbocycles. The molecule has 0 aliphatic rings. The minimum Gasteiger partial charge on any atom is -0.478 e. The van der Waals surface area contributed by atoms with Gasteiger partial charge in [0.05, 0.1) is 17.2 Å². The molecule has 1 unspecified atom stereocenters. The average molecular weight is 425 g/mol. The summed E-state index contributed by atoms with van der Waals surface area (Å²) in [5.41, 5.74) is -0.380. The monoisotopic (exact) mass is 424 g/mol. The lowest BCUT2D eigenvalue weighted by molar-refractivity contribution is -0.146. The van der Waals surface area contributed by atoms with Crippen molar-refractivity contribution in [1.82, 2.24) is 0 Å². The van der Waals surface area contributed by atoms with E-state index in [4.69, 9.17) is 20.1 Å². The Balaban J connectivity index is 0.000000604. The predicted octanol–water partition coefficient (Wildman–Crippen LogP) is 4.91. The van der Waals surface area contributed by atoms with Crippen molar-refractivity contribution < 1.29 is 34.4 Å². The SMILES string of the molecule is CCCCCCCCCCCC(=O)OCC(C)O.O=C(O)c1ccccc1C(=O)O. The first-order valence-corrected chi connectivity index (χ1v) is 10.7. The van der Waals surface area contributed by atoms with Crippen molar-refractivity contribution in [2.75, 3.05) is 6.61 Å². The standard InChI is InChI=1S/C15H30O3.C8H6O4/c1-3-4-5-6-7-8-9-10-11-12-15(17)18-13-14(2)16;9-7(10)5-3-1-2-4-6(5)8(11)12/h14,16H,3-13H2,1-2H3;1-4H,(H,9,10)(H,11,12). The van der Waals surface area contributed by atoms with Crippen LogP contribution in [0.3, 0.4) is 0 Å². The van der Waals surface area contributed by atoms with Crippen LogP contribution in [0.25, 0.3) is 0 Å². The molecule has 7 nitrogen and oxygen atoms in total. The van der Waals surface area contributed by atoms with E-state index in [-0.39, 0.29) is 23.7 Å². The van der Waals surface area contributed by atoms with Gasteiger partial charge in [0.15, 0.2) is 0 Å². The van der Waals surface area contributed by atoms with Crippen LogP contribution in [0.1, 0.15) is 98.8 Å². The van der Waals surface area contributed by atoms with Crippen LogP contribution in [0.5, 0.6) is 0 Å². The Bertz CT molecular complexity index is 593. The van der Waals surface area contributed by atoms with Gasteiger partial charge in [-0.15, -0.1) is 0 Å². The van der Waals surface area contributed by atoms with E-state index in [0.717, 1.165) is 12.8 Å². The van der Waals surface area contributed by atoms with Crippen molar-refractivity contribution in [2.45, 2.75) is 84.2 Å². The van der Waals surface area contributed by atoms with Crippen molar-refractivity contribution in [2.24, 2.45) is 0 Å². The number of hydrogen-bond donors (Lipinski definition) is 3. The first-order chi connectivity index (χ1) is 14.3. The molecule has 1 aromatic rings. The number of rotatable bonds is 14. The molecule has 0 amide bonds. The number of carboxylic acids is 2. The summed E-state index contributed by atoms with van der Waals surface area (Å²) in [4.78, 5) is 32.1. The quantitative estimate of drug-likeness (QED) is 0.286. The number of aliphatic hydroxyl groups excluding tert-OH is 1. The zero-order valence-electron chi connectivity index (χ0n) is 18.1. The van der Waals surface area contributed by atoms with Gasteiger partial charge in [-0.05, 0) is 25.5 Å². The van der Waals surface area contributed by atoms with Crippen LogP contribution in [0, 0.1) is 0 Å². The number of esters is 1. The maximum atomic E-state index is 11.2. The third kappa shape index (κ3) is 14.6. The number of carboxylic acid groups (broad SMARTS) is 2. The van der Waals surface area contributed by atoms with Gasteiger partial charge >= 0.3 is 17.9 Å². The summed E-state index contributed by atoms with van der Waals surface area (Å²) in [7, 11) is 0. The number of benzene rings is 1. The maximum Gasteiger partial charge on any atom is 0.336 e. The van der Waals surface area contributed by atoms with E-state index in [1.165, 1.54) is 69.2 Å². The number of ether oxygens (including phenoxy) is 1. The summed E-state index contributed by atoms with van der Waals surface area (Å²) in [6.45, 7) is 3.97.